The second-order valence-electron chi connectivity index (χ2n) is 11.8. The molecule has 3 aliphatic rings. The number of carbonyl (C=O) groups excluding carboxylic acids is 1. The molecular weight excluding hydrogens is 460 g/mol. The zero-order chi connectivity index (χ0) is 25.5. The van der Waals surface area contributed by atoms with Gasteiger partial charge in [0.05, 0.1) is 16.9 Å². The number of piperazine rings is 1. The highest BCUT2D eigenvalue weighted by Crippen LogP contribution is 2.35. The van der Waals surface area contributed by atoms with Crippen LogP contribution in [0.4, 0.5) is 5.69 Å². The van der Waals surface area contributed by atoms with Crippen molar-refractivity contribution in [1.82, 2.24) is 24.4 Å². The van der Waals surface area contributed by atoms with Crippen molar-refractivity contribution in [1.29, 1.82) is 0 Å². The van der Waals surface area contributed by atoms with Crippen molar-refractivity contribution in [2.24, 2.45) is 11.8 Å². The molecule has 2 saturated heterocycles. The molecular formula is C30H40N6O. The molecule has 2 aliphatic heterocycles. The first kappa shape index (κ1) is 24.4. The van der Waals surface area contributed by atoms with E-state index in [4.69, 9.17) is 4.98 Å². The van der Waals surface area contributed by atoms with E-state index in [0.717, 1.165) is 62.3 Å². The molecule has 7 heteroatoms. The summed E-state index contributed by atoms with van der Waals surface area (Å²) in [7, 11) is 0. The van der Waals surface area contributed by atoms with E-state index in [9.17, 15) is 4.79 Å². The Morgan fingerprint density at radius 1 is 1.05 bits per heavy atom. The lowest BCUT2D eigenvalue weighted by molar-refractivity contribution is -0.140. The maximum atomic E-state index is 12.8. The molecule has 0 aromatic carbocycles. The Morgan fingerprint density at radius 3 is 2.57 bits per heavy atom. The summed E-state index contributed by atoms with van der Waals surface area (Å²) in [4.78, 5) is 24.7. The van der Waals surface area contributed by atoms with Crippen LogP contribution in [-0.4, -0.2) is 75.6 Å². The lowest BCUT2D eigenvalue weighted by atomic mass is 9.75. The van der Waals surface area contributed by atoms with Crippen LogP contribution < -0.4 is 4.90 Å². The number of aromatic nitrogens is 3. The second kappa shape index (κ2) is 10.1. The number of rotatable bonds is 5. The van der Waals surface area contributed by atoms with Gasteiger partial charge in [0.15, 0.2) is 0 Å². The van der Waals surface area contributed by atoms with E-state index in [1.807, 2.05) is 10.7 Å². The minimum absolute atomic E-state index is 0.258. The number of likely N-dealkylation sites (tertiary alicyclic amines) is 1. The number of hydrogen-bond donors (Lipinski definition) is 0. The zero-order valence-electron chi connectivity index (χ0n) is 22.5. The standard InChI is InChI=1S/C30H40N6O/c1-21(2)35-10-4-5-24(19-35)23-6-7-27(31-18-23)26-17-29-28(8-9-32-36(29)20-26)33-11-13-34(14-12-33)30(37)25-15-22(3)16-25/h6-9,17-18,20-22,24-25H,4-5,10-16,19H2,1-3H3/t22?,24-,25?/m1/s1. The van der Waals surface area contributed by atoms with Gasteiger partial charge in [-0.1, -0.05) is 13.0 Å². The lowest BCUT2D eigenvalue weighted by Gasteiger charge is -2.40. The minimum atomic E-state index is 0.258. The number of piperidine rings is 1. The van der Waals surface area contributed by atoms with E-state index in [1.54, 1.807) is 0 Å². The van der Waals surface area contributed by atoms with Gasteiger partial charge in [0.2, 0.25) is 5.91 Å². The summed E-state index contributed by atoms with van der Waals surface area (Å²) in [6.07, 6.45) is 10.7. The maximum Gasteiger partial charge on any atom is 0.225 e. The van der Waals surface area contributed by atoms with Gasteiger partial charge < -0.3 is 14.7 Å². The van der Waals surface area contributed by atoms with Crippen LogP contribution in [0.5, 0.6) is 0 Å². The average molecular weight is 501 g/mol. The second-order valence-corrected chi connectivity index (χ2v) is 11.8. The SMILES string of the molecule is CC1CC(C(=O)N2CCN(c3ccnn4cc(-c5ccc([C@@H]6CCCN(C(C)C)C6)cn5)cc34)CC2)C1. The average Bonchev–Trinajstić information content (AvgIpc) is 3.36. The molecule has 3 fully saturated rings. The highest BCUT2D eigenvalue weighted by Gasteiger charge is 2.35. The smallest absolute Gasteiger partial charge is 0.225 e. The van der Waals surface area contributed by atoms with E-state index in [0.29, 0.717) is 23.8 Å². The van der Waals surface area contributed by atoms with Crippen molar-refractivity contribution in [2.75, 3.05) is 44.2 Å². The van der Waals surface area contributed by atoms with Crippen molar-refractivity contribution in [3.63, 3.8) is 0 Å². The summed E-state index contributed by atoms with van der Waals surface area (Å²) in [5.74, 6) is 1.89. The van der Waals surface area contributed by atoms with Gasteiger partial charge in [-0.3, -0.25) is 9.78 Å². The van der Waals surface area contributed by atoms with E-state index < -0.39 is 0 Å². The third-order valence-corrected chi connectivity index (χ3v) is 8.88. The monoisotopic (exact) mass is 500 g/mol. The third kappa shape index (κ3) is 4.86. The number of carbonyl (C=O) groups is 1. The molecule has 1 saturated carbocycles. The lowest BCUT2D eigenvalue weighted by Crippen LogP contribution is -2.52. The van der Waals surface area contributed by atoms with Gasteiger partial charge >= 0.3 is 0 Å². The van der Waals surface area contributed by atoms with Gasteiger partial charge in [-0.25, -0.2) is 4.52 Å². The molecule has 0 radical (unpaired) electrons. The molecule has 0 spiro atoms. The van der Waals surface area contributed by atoms with Gasteiger partial charge in [0.25, 0.3) is 0 Å². The molecule has 7 nitrogen and oxygen atoms in total. The molecule has 3 aromatic rings. The van der Waals surface area contributed by atoms with Crippen LogP contribution in [0.15, 0.2) is 42.9 Å². The van der Waals surface area contributed by atoms with Gasteiger partial charge in [-0.2, -0.15) is 5.10 Å². The highest BCUT2D eigenvalue weighted by atomic mass is 16.2. The van der Waals surface area contributed by atoms with Crippen LogP contribution >= 0.6 is 0 Å². The third-order valence-electron chi connectivity index (χ3n) is 8.88. The molecule has 1 atom stereocenters. The van der Waals surface area contributed by atoms with Crippen molar-refractivity contribution < 1.29 is 4.79 Å². The molecule has 0 unspecified atom stereocenters. The number of pyridine rings is 1. The largest absolute Gasteiger partial charge is 0.366 e. The molecule has 0 N–H and O–H groups in total. The Labute approximate surface area is 220 Å². The first-order valence-electron chi connectivity index (χ1n) is 14.2. The number of hydrogen-bond acceptors (Lipinski definition) is 5. The number of fused-ring (bicyclic) bond motifs is 1. The van der Waals surface area contributed by atoms with Crippen LogP contribution in [0.1, 0.15) is 57.9 Å². The molecule has 5 heterocycles. The Morgan fingerprint density at radius 2 is 1.86 bits per heavy atom. The summed E-state index contributed by atoms with van der Waals surface area (Å²) in [6, 6.07) is 9.35. The topological polar surface area (TPSA) is 57.0 Å². The van der Waals surface area contributed by atoms with Crippen molar-refractivity contribution in [3.8, 4) is 11.3 Å². The fourth-order valence-electron chi connectivity index (χ4n) is 6.50. The van der Waals surface area contributed by atoms with E-state index in [1.165, 1.54) is 30.6 Å². The zero-order valence-corrected chi connectivity index (χ0v) is 22.5. The predicted octanol–water partition coefficient (Wildman–Crippen LogP) is 4.68. The maximum absolute atomic E-state index is 12.8. The molecule has 1 aliphatic carbocycles. The Kier molecular flexibility index (Phi) is 6.65. The van der Waals surface area contributed by atoms with E-state index in [2.05, 4.69) is 77.2 Å². The highest BCUT2D eigenvalue weighted by molar-refractivity contribution is 5.81. The fraction of sp³-hybridized carbons (Fsp3) is 0.567. The fourth-order valence-corrected chi connectivity index (χ4v) is 6.50. The molecule has 0 bridgehead atoms. The van der Waals surface area contributed by atoms with Gasteiger partial charge in [0.1, 0.15) is 0 Å². The molecule has 37 heavy (non-hydrogen) atoms. The van der Waals surface area contributed by atoms with E-state index >= 15 is 0 Å². The molecule has 3 aromatic heterocycles. The molecule has 1 amide bonds. The summed E-state index contributed by atoms with van der Waals surface area (Å²) in [5.41, 5.74) is 5.70. The van der Waals surface area contributed by atoms with Crippen molar-refractivity contribution >= 4 is 17.1 Å². The summed E-state index contributed by atoms with van der Waals surface area (Å²) in [6.45, 7) is 12.5. The first-order chi connectivity index (χ1) is 18.0. The van der Waals surface area contributed by atoms with Crippen molar-refractivity contribution in [3.05, 3.63) is 48.4 Å². The Balaban J connectivity index is 1.15. The Bertz CT molecular complexity index is 1240. The Hall–Kier alpha value is -2.93. The van der Waals surface area contributed by atoms with Crippen LogP contribution in [0.25, 0.3) is 16.8 Å². The van der Waals surface area contributed by atoms with Gasteiger partial charge in [0, 0.05) is 68.8 Å². The number of nitrogens with zero attached hydrogens (tertiary/aromatic N) is 6. The predicted molar refractivity (Wildman–Crippen MR) is 148 cm³/mol. The molecule has 6 rings (SSSR count). The normalized spacial score (nSPS) is 25.0. The van der Waals surface area contributed by atoms with E-state index in [-0.39, 0.29) is 5.92 Å². The number of amides is 1. The molecule has 196 valence electrons. The van der Waals surface area contributed by atoms with Crippen LogP contribution in [-0.2, 0) is 4.79 Å². The quantitative estimate of drug-likeness (QED) is 0.509. The van der Waals surface area contributed by atoms with Crippen LogP contribution in [0.3, 0.4) is 0 Å². The summed E-state index contributed by atoms with van der Waals surface area (Å²) < 4.78 is 1.97. The van der Waals surface area contributed by atoms with Gasteiger partial charge in [-0.05, 0) is 81.7 Å². The first-order valence-corrected chi connectivity index (χ1v) is 14.2. The van der Waals surface area contributed by atoms with Gasteiger partial charge in [-0.15, -0.1) is 0 Å². The summed E-state index contributed by atoms with van der Waals surface area (Å²) >= 11 is 0. The minimum Gasteiger partial charge on any atom is -0.366 e. The van der Waals surface area contributed by atoms with Crippen LogP contribution in [0.2, 0.25) is 0 Å². The van der Waals surface area contributed by atoms with Crippen molar-refractivity contribution in [2.45, 2.75) is 58.4 Å². The summed E-state index contributed by atoms with van der Waals surface area (Å²) in [5, 5.41) is 4.58. The van der Waals surface area contributed by atoms with Crippen LogP contribution in [0, 0.1) is 11.8 Å². The number of anilines is 1.